The van der Waals surface area contributed by atoms with Crippen molar-refractivity contribution in [2.24, 2.45) is 11.8 Å². The van der Waals surface area contributed by atoms with Gasteiger partial charge in [-0.1, -0.05) is 0 Å². The van der Waals surface area contributed by atoms with Crippen LogP contribution in [0.3, 0.4) is 0 Å². The highest BCUT2D eigenvalue weighted by Crippen LogP contribution is 2.57. The number of carbonyl (C=O) groups is 1. The lowest BCUT2D eigenvalue weighted by atomic mass is 9.66. The van der Waals surface area contributed by atoms with Crippen LogP contribution < -0.4 is 14.2 Å². The maximum Gasteiger partial charge on any atom is 0.310 e. The molecule has 0 bridgehead atoms. The number of aromatic hydroxyl groups is 2. The molecule has 41 heavy (non-hydrogen) atoms. The Morgan fingerprint density at radius 1 is 0.927 bits per heavy atom. The zero-order valence-corrected chi connectivity index (χ0v) is 22.2. The molecule has 3 saturated heterocycles. The van der Waals surface area contributed by atoms with E-state index in [1.807, 2.05) is 0 Å². The highest BCUT2D eigenvalue weighted by molar-refractivity contribution is 5.79. The summed E-state index contributed by atoms with van der Waals surface area (Å²) in [5.74, 6) is -2.30. The minimum atomic E-state index is -1.45. The number of rotatable bonds is 4. The number of aliphatic hydroxyl groups is 2. The highest BCUT2D eigenvalue weighted by atomic mass is 16.8. The molecule has 13 heteroatoms. The van der Waals surface area contributed by atoms with Crippen LogP contribution in [0.2, 0.25) is 0 Å². The number of esters is 1. The number of phenols is 2. The molecule has 2 aromatic rings. The molecule has 0 aromatic heterocycles. The Morgan fingerprint density at radius 3 is 2.44 bits per heavy atom. The van der Waals surface area contributed by atoms with Gasteiger partial charge in [0.25, 0.3) is 0 Å². The van der Waals surface area contributed by atoms with E-state index in [0.29, 0.717) is 28.2 Å². The fourth-order valence-corrected chi connectivity index (χ4v) is 6.59. The van der Waals surface area contributed by atoms with E-state index in [1.54, 1.807) is 25.1 Å². The monoisotopic (exact) mass is 574 g/mol. The molecule has 4 heterocycles. The van der Waals surface area contributed by atoms with Gasteiger partial charge in [-0.25, -0.2) is 0 Å². The van der Waals surface area contributed by atoms with Gasteiger partial charge in [0.2, 0.25) is 12.5 Å². The first-order valence-corrected chi connectivity index (χ1v) is 13.4. The minimum Gasteiger partial charge on any atom is -0.504 e. The highest BCUT2D eigenvalue weighted by Gasteiger charge is 2.56. The molecule has 7 rings (SSSR count). The summed E-state index contributed by atoms with van der Waals surface area (Å²) in [4.78, 5) is 13.3. The van der Waals surface area contributed by atoms with Crippen LogP contribution in [0.1, 0.15) is 35.6 Å². The molecule has 3 fully saturated rings. The predicted molar refractivity (Wildman–Crippen MR) is 133 cm³/mol. The summed E-state index contributed by atoms with van der Waals surface area (Å²) >= 11 is 0. The number of aliphatic hydroxyl groups excluding tert-OH is 2. The van der Waals surface area contributed by atoms with Gasteiger partial charge in [0, 0.05) is 11.8 Å². The van der Waals surface area contributed by atoms with Crippen molar-refractivity contribution in [2.75, 3.05) is 27.1 Å². The van der Waals surface area contributed by atoms with Gasteiger partial charge in [0.15, 0.2) is 35.6 Å². The zero-order valence-electron chi connectivity index (χ0n) is 22.2. The lowest BCUT2D eigenvalue weighted by Crippen LogP contribution is -2.63. The SMILES string of the molecule is COc1cc([C@@H]2c3cc4c(cc3C(OC3OC5COC(C)OC5C(O)C3O)C3COC(=O)[C@@H]32)OCO4)cc(O)c1O. The fourth-order valence-electron chi connectivity index (χ4n) is 6.59. The van der Waals surface area contributed by atoms with Crippen molar-refractivity contribution in [3.8, 4) is 28.7 Å². The average molecular weight is 575 g/mol. The second-order valence-electron chi connectivity index (χ2n) is 10.8. The van der Waals surface area contributed by atoms with E-state index >= 15 is 0 Å². The summed E-state index contributed by atoms with van der Waals surface area (Å²) in [6.07, 6.45) is -6.91. The van der Waals surface area contributed by atoms with Gasteiger partial charge in [-0.15, -0.1) is 0 Å². The number of phenolic OH excluding ortho intramolecular Hbond substituents is 2. The molecule has 0 radical (unpaired) electrons. The van der Waals surface area contributed by atoms with E-state index in [-0.39, 0.29) is 25.8 Å². The standard InChI is InChI=1S/C28H30O13/c1-10-35-8-19-26(39-10)23(31)24(32)28(40-19)41-25-13-6-17-16(37-9-38-17)5-12(13)20(21-14(25)7-36-27(21)33)11-3-15(29)22(30)18(4-11)34-2/h3-6,10,14,19-21,23-26,28-32H,7-9H2,1-2H3/t10?,14?,19?,20-,21+,23?,24?,25?,26?,28?/m1/s1. The largest absolute Gasteiger partial charge is 0.504 e. The molecule has 0 saturated carbocycles. The van der Waals surface area contributed by atoms with Gasteiger partial charge in [-0.3, -0.25) is 4.79 Å². The number of fused-ring (bicyclic) bond motifs is 4. The second-order valence-corrected chi connectivity index (χ2v) is 10.8. The van der Waals surface area contributed by atoms with Crippen LogP contribution in [0.5, 0.6) is 28.7 Å². The topological polar surface area (TPSA) is 172 Å². The van der Waals surface area contributed by atoms with E-state index in [1.165, 1.54) is 13.2 Å². The molecule has 4 N–H and O–H groups in total. The lowest BCUT2D eigenvalue weighted by Gasteiger charge is -2.47. The number of benzene rings is 2. The van der Waals surface area contributed by atoms with E-state index in [9.17, 15) is 25.2 Å². The summed E-state index contributed by atoms with van der Waals surface area (Å²) in [5, 5.41) is 42.6. The van der Waals surface area contributed by atoms with Gasteiger partial charge in [-0.05, 0) is 47.9 Å². The van der Waals surface area contributed by atoms with Crippen molar-refractivity contribution in [3.05, 3.63) is 41.0 Å². The van der Waals surface area contributed by atoms with Crippen LogP contribution in [0, 0.1) is 11.8 Å². The van der Waals surface area contributed by atoms with Gasteiger partial charge < -0.3 is 58.3 Å². The third-order valence-electron chi connectivity index (χ3n) is 8.54. The number of hydrogen-bond donors (Lipinski definition) is 4. The number of hydrogen-bond acceptors (Lipinski definition) is 13. The normalized spacial score (nSPS) is 37.1. The molecule has 2 aromatic carbocycles. The summed E-state index contributed by atoms with van der Waals surface area (Å²) in [5.41, 5.74) is 1.76. The molecule has 0 spiro atoms. The van der Waals surface area contributed by atoms with Crippen molar-refractivity contribution in [2.45, 2.75) is 55.9 Å². The second kappa shape index (κ2) is 9.89. The molecule has 220 valence electrons. The zero-order chi connectivity index (χ0) is 28.6. The molecule has 8 unspecified atom stereocenters. The van der Waals surface area contributed by atoms with Crippen LogP contribution in [0.25, 0.3) is 0 Å². The average Bonchev–Trinajstić information content (AvgIpc) is 3.58. The number of methoxy groups -OCH3 is 1. The maximum atomic E-state index is 13.3. The Bertz CT molecular complexity index is 1360. The van der Waals surface area contributed by atoms with E-state index in [0.717, 1.165) is 0 Å². The van der Waals surface area contributed by atoms with Gasteiger partial charge in [0.1, 0.15) is 24.4 Å². The smallest absolute Gasteiger partial charge is 0.310 e. The lowest BCUT2D eigenvalue weighted by molar-refractivity contribution is -0.364. The van der Waals surface area contributed by atoms with Gasteiger partial charge >= 0.3 is 5.97 Å². The Kier molecular flexibility index (Phi) is 6.41. The van der Waals surface area contributed by atoms with Crippen molar-refractivity contribution in [3.63, 3.8) is 0 Å². The van der Waals surface area contributed by atoms with Crippen LogP contribution in [-0.4, -0.2) is 90.5 Å². The summed E-state index contributed by atoms with van der Waals surface area (Å²) < 4.78 is 45.7. The first-order chi connectivity index (χ1) is 19.7. The summed E-state index contributed by atoms with van der Waals surface area (Å²) in [6.45, 7) is 1.85. The number of cyclic esters (lactones) is 1. The Hall–Kier alpha value is -3.33. The number of carbonyl (C=O) groups excluding carboxylic acids is 1. The van der Waals surface area contributed by atoms with Crippen LogP contribution >= 0.6 is 0 Å². The van der Waals surface area contributed by atoms with Gasteiger partial charge in [0.05, 0.1) is 32.3 Å². The van der Waals surface area contributed by atoms with Crippen LogP contribution in [0.15, 0.2) is 24.3 Å². The number of ether oxygens (including phenoxy) is 8. The molecule has 5 aliphatic rings. The summed E-state index contributed by atoms with van der Waals surface area (Å²) in [7, 11) is 1.36. The minimum absolute atomic E-state index is 0.00920. The third-order valence-corrected chi connectivity index (χ3v) is 8.54. The van der Waals surface area contributed by atoms with Crippen molar-refractivity contribution in [1.29, 1.82) is 0 Å². The van der Waals surface area contributed by atoms with Crippen molar-refractivity contribution >= 4 is 5.97 Å². The molecule has 1 aliphatic carbocycles. The Labute approximate surface area is 234 Å². The Balaban J connectivity index is 1.31. The van der Waals surface area contributed by atoms with E-state index in [2.05, 4.69) is 0 Å². The molecule has 0 amide bonds. The molecular formula is C28H30O13. The van der Waals surface area contributed by atoms with E-state index < -0.39 is 78.3 Å². The quantitative estimate of drug-likeness (QED) is 0.302. The van der Waals surface area contributed by atoms with E-state index in [4.69, 9.17) is 37.9 Å². The molecular weight excluding hydrogens is 544 g/mol. The third kappa shape index (κ3) is 4.18. The van der Waals surface area contributed by atoms with Gasteiger partial charge in [-0.2, -0.15) is 0 Å². The van der Waals surface area contributed by atoms with Crippen molar-refractivity contribution < 1.29 is 63.1 Å². The van der Waals surface area contributed by atoms with Crippen LogP contribution in [0.4, 0.5) is 0 Å². The Morgan fingerprint density at radius 2 is 1.68 bits per heavy atom. The van der Waals surface area contributed by atoms with Crippen molar-refractivity contribution in [1.82, 2.24) is 0 Å². The predicted octanol–water partition coefficient (Wildman–Crippen LogP) is 1.04. The maximum absolute atomic E-state index is 13.3. The molecule has 13 nitrogen and oxygen atoms in total. The fraction of sp³-hybridized carbons (Fsp3) is 0.536. The first-order valence-electron chi connectivity index (χ1n) is 13.4. The van der Waals surface area contributed by atoms with Crippen LogP contribution in [-0.2, 0) is 28.5 Å². The summed E-state index contributed by atoms with van der Waals surface area (Å²) in [6, 6.07) is 6.46. The molecule has 4 aliphatic heterocycles. The first kappa shape index (κ1) is 26.6. The molecule has 10 atom stereocenters.